The number of hydrogen-bond donors (Lipinski definition) is 2. The van der Waals surface area contributed by atoms with Crippen LogP contribution in [0.3, 0.4) is 0 Å². The zero-order valence-corrected chi connectivity index (χ0v) is 27.2. The van der Waals surface area contributed by atoms with Crippen LogP contribution in [0.25, 0.3) is 6.08 Å². The Morgan fingerprint density at radius 1 is 1.02 bits per heavy atom. The van der Waals surface area contributed by atoms with Gasteiger partial charge in [0.1, 0.15) is 6.10 Å². The van der Waals surface area contributed by atoms with Crippen LogP contribution >= 0.6 is 0 Å². The summed E-state index contributed by atoms with van der Waals surface area (Å²) in [4.78, 5) is 25.9. The summed E-state index contributed by atoms with van der Waals surface area (Å²) in [6.45, 7) is 14.1. The molecule has 0 amide bonds. The van der Waals surface area contributed by atoms with Crippen molar-refractivity contribution in [2.24, 2.45) is 0 Å². The zero-order valence-electron chi connectivity index (χ0n) is 26.2. The monoisotopic (exact) mass is 596 g/mol. The van der Waals surface area contributed by atoms with Crippen molar-refractivity contribution in [2.75, 3.05) is 13.2 Å². The molecule has 0 aliphatic carbocycles. The first kappa shape index (κ1) is 35.2. The number of ether oxygens (including phenoxy) is 3. The lowest BCUT2D eigenvalue weighted by Crippen LogP contribution is -2.33. The largest absolute Gasteiger partial charge is 0.462 e. The van der Waals surface area contributed by atoms with Gasteiger partial charge in [-0.2, -0.15) is 0 Å². The molecule has 7 nitrogen and oxygen atoms in total. The first-order chi connectivity index (χ1) is 19.7. The van der Waals surface area contributed by atoms with Gasteiger partial charge in [-0.05, 0) is 75.9 Å². The highest BCUT2D eigenvalue weighted by molar-refractivity contribution is 6.76. The van der Waals surface area contributed by atoms with Gasteiger partial charge in [0.2, 0.25) is 0 Å². The van der Waals surface area contributed by atoms with Gasteiger partial charge < -0.3 is 24.4 Å². The number of benzene rings is 2. The minimum absolute atomic E-state index is 0.0268. The van der Waals surface area contributed by atoms with Crippen LogP contribution in [0.2, 0.25) is 25.7 Å². The maximum absolute atomic E-state index is 13.1. The Morgan fingerprint density at radius 2 is 1.71 bits per heavy atom. The average molecular weight is 597 g/mol. The van der Waals surface area contributed by atoms with Crippen molar-refractivity contribution in [1.29, 1.82) is 0 Å². The van der Waals surface area contributed by atoms with Crippen molar-refractivity contribution < 1.29 is 34.0 Å². The maximum Gasteiger partial charge on any atom is 0.338 e. The van der Waals surface area contributed by atoms with Gasteiger partial charge in [0.05, 0.1) is 23.8 Å². The summed E-state index contributed by atoms with van der Waals surface area (Å²) in [5.74, 6) is -2.23. The second-order valence-electron chi connectivity index (χ2n) is 12.3. The summed E-state index contributed by atoms with van der Waals surface area (Å²) >= 11 is 0. The normalized spacial score (nSPS) is 13.8. The summed E-state index contributed by atoms with van der Waals surface area (Å²) in [6.07, 6.45) is 7.17. The Labute approximate surface area is 252 Å². The summed E-state index contributed by atoms with van der Waals surface area (Å²) in [5.41, 5.74) is 3.59. The predicted molar refractivity (Wildman–Crippen MR) is 170 cm³/mol. The second kappa shape index (κ2) is 16.6. The van der Waals surface area contributed by atoms with Crippen LogP contribution in [-0.4, -0.2) is 61.4 Å². The van der Waals surface area contributed by atoms with Crippen molar-refractivity contribution in [3.8, 4) is 0 Å². The second-order valence-corrected chi connectivity index (χ2v) is 17.9. The van der Waals surface area contributed by atoms with Gasteiger partial charge in [-0.25, -0.2) is 9.59 Å². The molecule has 0 aromatic heterocycles. The number of esters is 2. The van der Waals surface area contributed by atoms with E-state index in [2.05, 4.69) is 19.6 Å². The molecule has 2 N–H and O–H groups in total. The SMILES string of the molecule is Cc1cc(C)c(C(=O)OCC[Si](C)(C)C)c(/C=C/C[C@@H](CC(/C=C\CCO)OC(=O)c2ccccc2)OC(C)(C)O)c1. The van der Waals surface area contributed by atoms with Crippen molar-refractivity contribution in [1.82, 2.24) is 0 Å². The molecule has 0 aliphatic heterocycles. The number of aliphatic hydroxyl groups excluding tert-OH is 1. The number of rotatable bonds is 16. The fourth-order valence-electron chi connectivity index (χ4n) is 4.41. The van der Waals surface area contributed by atoms with Gasteiger partial charge >= 0.3 is 11.9 Å². The zero-order chi connectivity index (χ0) is 31.3. The summed E-state index contributed by atoms with van der Waals surface area (Å²) in [7, 11) is -1.34. The molecular formula is C34H48O7Si. The van der Waals surface area contributed by atoms with Crippen molar-refractivity contribution in [3.63, 3.8) is 0 Å². The Morgan fingerprint density at radius 3 is 2.33 bits per heavy atom. The first-order valence-corrected chi connectivity index (χ1v) is 18.3. The van der Waals surface area contributed by atoms with E-state index in [1.807, 2.05) is 44.2 Å². The van der Waals surface area contributed by atoms with Crippen LogP contribution < -0.4 is 0 Å². The van der Waals surface area contributed by atoms with Crippen LogP contribution in [0, 0.1) is 13.8 Å². The molecule has 42 heavy (non-hydrogen) atoms. The minimum atomic E-state index is -1.42. The fourth-order valence-corrected chi connectivity index (χ4v) is 5.12. The molecule has 0 saturated heterocycles. The molecule has 8 heteroatoms. The number of aryl methyl sites for hydroxylation is 2. The topological polar surface area (TPSA) is 102 Å². The summed E-state index contributed by atoms with van der Waals surface area (Å²) < 4.78 is 17.4. The Bertz CT molecular complexity index is 1210. The molecular weight excluding hydrogens is 548 g/mol. The lowest BCUT2D eigenvalue weighted by molar-refractivity contribution is -0.208. The van der Waals surface area contributed by atoms with Gasteiger partial charge in [-0.1, -0.05) is 73.8 Å². The molecule has 0 fully saturated rings. The molecule has 2 atom stereocenters. The van der Waals surface area contributed by atoms with E-state index in [1.54, 1.807) is 50.3 Å². The molecule has 0 heterocycles. The molecule has 0 bridgehead atoms. The van der Waals surface area contributed by atoms with Gasteiger partial charge in [-0.3, -0.25) is 0 Å². The third kappa shape index (κ3) is 13.3. The Hall–Kier alpha value is -3.04. The molecule has 2 aromatic carbocycles. The van der Waals surface area contributed by atoms with Crippen molar-refractivity contribution in [2.45, 2.75) is 90.6 Å². The molecule has 0 saturated carbocycles. The van der Waals surface area contributed by atoms with E-state index in [0.717, 1.165) is 22.7 Å². The van der Waals surface area contributed by atoms with E-state index in [0.29, 0.717) is 30.6 Å². The Kier molecular flexibility index (Phi) is 13.9. The molecule has 0 radical (unpaired) electrons. The van der Waals surface area contributed by atoms with Crippen LogP contribution in [-0.2, 0) is 14.2 Å². The molecule has 0 spiro atoms. The molecule has 1 unspecified atom stereocenters. The number of carbonyl (C=O) groups excluding carboxylic acids is 2. The van der Waals surface area contributed by atoms with E-state index in [-0.39, 0.29) is 19.0 Å². The first-order valence-electron chi connectivity index (χ1n) is 14.6. The van der Waals surface area contributed by atoms with Gasteiger partial charge in [-0.15, -0.1) is 0 Å². The minimum Gasteiger partial charge on any atom is -0.462 e. The smallest absolute Gasteiger partial charge is 0.338 e. The summed E-state index contributed by atoms with van der Waals surface area (Å²) in [5, 5.41) is 19.7. The van der Waals surface area contributed by atoms with E-state index in [4.69, 9.17) is 14.2 Å². The van der Waals surface area contributed by atoms with Gasteiger partial charge in [0.15, 0.2) is 5.79 Å². The highest BCUT2D eigenvalue weighted by Crippen LogP contribution is 2.23. The van der Waals surface area contributed by atoms with Crippen LogP contribution in [0.1, 0.15) is 70.5 Å². The fraction of sp³-hybridized carbons (Fsp3) is 0.471. The molecule has 2 rings (SSSR count). The van der Waals surface area contributed by atoms with Crippen molar-refractivity contribution in [3.05, 3.63) is 88.5 Å². The average Bonchev–Trinajstić information content (AvgIpc) is 2.87. The number of hydrogen-bond acceptors (Lipinski definition) is 7. The quantitative estimate of drug-likeness (QED) is 0.0944. The van der Waals surface area contributed by atoms with Crippen LogP contribution in [0.4, 0.5) is 0 Å². The lowest BCUT2D eigenvalue weighted by atomic mass is 9.97. The van der Waals surface area contributed by atoms with E-state index in [9.17, 15) is 19.8 Å². The van der Waals surface area contributed by atoms with Crippen LogP contribution in [0.15, 0.2) is 60.7 Å². The predicted octanol–water partition coefficient (Wildman–Crippen LogP) is 6.87. The Balaban J connectivity index is 2.26. The van der Waals surface area contributed by atoms with Crippen molar-refractivity contribution >= 4 is 26.1 Å². The molecule has 2 aromatic rings. The van der Waals surface area contributed by atoms with E-state index < -0.39 is 32.0 Å². The maximum atomic E-state index is 13.1. The third-order valence-corrected chi connectivity index (χ3v) is 8.06. The highest BCUT2D eigenvalue weighted by Gasteiger charge is 2.25. The highest BCUT2D eigenvalue weighted by atomic mass is 28.3. The van der Waals surface area contributed by atoms with E-state index >= 15 is 0 Å². The van der Waals surface area contributed by atoms with Gasteiger partial charge in [0.25, 0.3) is 0 Å². The van der Waals surface area contributed by atoms with Crippen LogP contribution in [0.5, 0.6) is 0 Å². The van der Waals surface area contributed by atoms with E-state index in [1.165, 1.54) is 0 Å². The lowest BCUT2D eigenvalue weighted by Gasteiger charge is -2.28. The number of aliphatic hydroxyl groups is 2. The molecule has 230 valence electrons. The number of carbonyl (C=O) groups is 2. The standard InChI is InChI=1S/C34H48O7Si/c1-25-22-26(2)31(33(37)39-20-21-42(5,6)7)28(23-25)16-13-18-30(41-34(3,4)38)24-29(17-11-12-19-35)40-32(36)27-14-9-8-10-15-27/h8-11,13-17,22-23,29-30,35,38H,12,18-21,24H2,1-7H3/b16-13+,17-11-/t29?,30-/m0/s1. The van der Waals surface area contributed by atoms with Gasteiger partial charge in [0, 0.05) is 21.1 Å². The summed E-state index contributed by atoms with van der Waals surface area (Å²) in [6, 6.07) is 13.5. The molecule has 0 aliphatic rings. The third-order valence-electron chi connectivity index (χ3n) is 6.36.